The first kappa shape index (κ1) is 13.6. The summed E-state index contributed by atoms with van der Waals surface area (Å²) in [5.41, 5.74) is 0.200. The SMILES string of the molecule is O=c1[nH]c(-c2ccncc2)nc(N2CC3C(C2)C3(F)F)c1Cl. The molecule has 2 aromatic heterocycles. The molecule has 1 aliphatic heterocycles. The molecule has 0 amide bonds. The van der Waals surface area contributed by atoms with E-state index in [1.165, 1.54) is 0 Å². The Labute approximate surface area is 129 Å². The fourth-order valence-corrected chi connectivity index (χ4v) is 3.19. The maximum atomic E-state index is 13.3. The van der Waals surface area contributed by atoms with Crippen LogP contribution in [0.15, 0.2) is 29.3 Å². The monoisotopic (exact) mass is 324 g/mol. The number of aromatic nitrogens is 3. The number of aromatic amines is 1. The summed E-state index contributed by atoms with van der Waals surface area (Å²) in [5, 5.41) is -0.0672. The minimum Gasteiger partial charge on any atom is -0.354 e. The minimum absolute atomic E-state index is 0.0672. The van der Waals surface area contributed by atoms with E-state index in [1.54, 1.807) is 29.4 Å². The molecule has 0 radical (unpaired) electrons. The van der Waals surface area contributed by atoms with E-state index in [9.17, 15) is 13.6 Å². The molecule has 1 saturated heterocycles. The number of fused-ring (bicyclic) bond motifs is 1. The second kappa shape index (κ2) is 4.49. The number of rotatable bonds is 2. The van der Waals surface area contributed by atoms with Crippen molar-refractivity contribution < 1.29 is 8.78 Å². The number of halogens is 3. The smallest absolute Gasteiger partial charge is 0.272 e. The molecule has 0 bridgehead atoms. The Morgan fingerprint density at radius 3 is 2.55 bits per heavy atom. The normalized spacial score (nSPS) is 25.1. The van der Waals surface area contributed by atoms with Gasteiger partial charge in [0.2, 0.25) is 0 Å². The van der Waals surface area contributed by atoms with Crippen LogP contribution >= 0.6 is 11.6 Å². The van der Waals surface area contributed by atoms with Crippen LogP contribution in [0.4, 0.5) is 14.6 Å². The molecule has 2 unspecified atom stereocenters. The standard InChI is InChI=1S/C14H11ClF2N4O/c15-10-12(21-5-8-9(6-21)14(8,16)17)19-11(20-13(10)22)7-1-3-18-4-2-7/h1-4,8-9H,5-6H2,(H,19,20,22). The van der Waals surface area contributed by atoms with Crippen molar-refractivity contribution in [1.29, 1.82) is 0 Å². The summed E-state index contributed by atoms with van der Waals surface area (Å²) in [4.78, 5) is 24.5. The van der Waals surface area contributed by atoms with Crippen LogP contribution in [-0.4, -0.2) is 34.0 Å². The van der Waals surface area contributed by atoms with Crippen LogP contribution < -0.4 is 10.5 Å². The Morgan fingerprint density at radius 1 is 1.27 bits per heavy atom. The summed E-state index contributed by atoms with van der Waals surface area (Å²) in [6, 6.07) is 3.40. The second-order valence-corrected chi connectivity index (χ2v) is 5.96. The number of pyridine rings is 1. The first-order chi connectivity index (χ1) is 10.5. The first-order valence-corrected chi connectivity index (χ1v) is 7.19. The van der Waals surface area contributed by atoms with Gasteiger partial charge in [0.25, 0.3) is 11.5 Å². The molecule has 22 heavy (non-hydrogen) atoms. The van der Waals surface area contributed by atoms with Gasteiger partial charge in [0.1, 0.15) is 10.8 Å². The molecule has 2 atom stereocenters. The average Bonchev–Trinajstić information content (AvgIpc) is 2.89. The molecule has 0 spiro atoms. The van der Waals surface area contributed by atoms with Gasteiger partial charge in [0.05, 0.1) is 11.8 Å². The Kier molecular flexibility index (Phi) is 2.78. The van der Waals surface area contributed by atoms with Gasteiger partial charge in [-0.3, -0.25) is 9.78 Å². The average molecular weight is 325 g/mol. The third-order valence-corrected chi connectivity index (χ3v) is 4.64. The lowest BCUT2D eigenvalue weighted by molar-refractivity contribution is 0.0797. The van der Waals surface area contributed by atoms with Crippen molar-refractivity contribution in [3.05, 3.63) is 39.9 Å². The number of nitrogens with one attached hydrogen (secondary N) is 1. The highest BCUT2D eigenvalue weighted by molar-refractivity contribution is 6.32. The van der Waals surface area contributed by atoms with E-state index < -0.39 is 23.3 Å². The van der Waals surface area contributed by atoms with Gasteiger partial charge in [0.15, 0.2) is 5.82 Å². The zero-order valence-corrected chi connectivity index (χ0v) is 12.0. The summed E-state index contributed by atoms with van der Waals surface area (Å²) in [7, 11) is 0. The van der Waals surface area contributed by atoms with E-state index in [0.717, 1.165) is 0 Å². The lowest BCUT2D eigenvalue weighted by Crippen LogP contribution is -2.30. The van der Waals surface area contributed by atoms with Crippen LogP contribution in [0, 0.1) is 11.8 Å². The summed E-state index contributed by atoms with van der Waals surface area (Å²) in [5.74, 6) is -3.29. The number of hydrogen-bond acceptors (Lipinski definition) is 4. The lowest BCUT2D eigenvalue weighted by Gasteiger charge is -2.22. The summed E-state index contributed by atoms with van der Waals surface area (Å²) < 4.78 is 26.6. The van der Waals surface area contributed by atoms with Crippen molar-refractivity contribution in [2.24, 2.45) is 11.8 Å². The maximum absolute atomic E-state index is 13.3. The van der Waals surface area contributed by atoms with Crippen LogP contribution in [0.1, 0.15) is 0 Å². The molecule has 2 aromatic rings. The molecule has 114 valence electrons. The molecule has 8 heteroatoms. The van der Waals surface area contributed by atoms with Gasteiger partial charge in [-0.15, -0.1) is 0 Å². The molecular formula is C14H11ClF2N4O. The van der Waals surface area contributed by atoms with Gasteiger partial charge in [-0.05, 0) is 12.1 Å². The molecule has 2 aliphatic rings. The largest absolute Gasteiger partial charge is 0.354 e. The van der Waals surface area contributed by atoms with Gasteiger partial charge in [-0.2, -0.15) is 0 Å². The highest BCUT2D eigenvalue weighted by atomic mass is 35.5. The highest BCUT2D eigenvalue weighted by Gasteiger charge is 2.71. The fourth-order valence-electron chi connectivity index (χ4n) is 2.98. The molecule has 4 rings (SSSR count). The minimum atomic E-state index is -2.59. The number of piperidine rings is 1. The van der Waals surface area contributed by atoms with E-state index in [4.69, 9.17) is 11.6 Å². The van der Waals surface area contributed by atoms with Gasteiger partial charge < -0.3 is 9.88 Å². The zero-order chi connectivity index (χ0) is 15.5. The summed E-state index contributed by atoms with van der Waals surface area (Å²) in [6.07, 6.45) is 3.16. The van der Waals surface area contributed by atoms with Crippen molar-refractivity contribution in [2.45, 2.75) is 5.92 Å². The molecule has 3 heterocycles. The topological polar surface area (TPSA) is 61.9 Å². The fraction of sp³-hybridized carbons (Fsp3) is 0.357. The van der Waals surface area contributed by atoms with E-state index >= 15 is 0 Å². The Morgan fingerprint density at radius 2 is 1.91 bits per heavy atom. The molecule has 1 saturated carbocycles. The number of alkyl halides is 2. The van der Waals surface area contributed by atoms with Crippen molar-refractivity contribution in [3.63, 3.8) is 0 Å². The van der Waals surface area contributed by atoms with E-state index in [2.05, 4.69) is 15.0 Å². The number of H-pyrrole nitrogens is 1. The van der Waals surface area contributed by atoms with Crippen LogP contribution in [0.25, 0.3) is 11.4 Å². The van der Waals surface area contributed by atoms with Crippen molar-refractivity contribution in [3.8, 4) is 11.4 Å². The zero-order valence-electron chi connectivity index (χ0n) is 11.3. The van der Waals surface area contributed by atoms with Crippen molar-refractivity contribution in [1.82, 2.24) is 15.0 Å². The Hall–Kier alpha value is -2.02. The van der Waals surface area contributed by atoms with Crippen LogP contribution in [0.5, 0.6) is 0 Å². The first-order valence-electron chi connectivity index (χ1n) is 6.81. The molecule has 2 fully saturated rings. The summed E-state index contributed by atoms with van der Waals surface area (Å²) >= 11 is 6.02. The molecular weight excluding hydrogens is 314 g/mol. The van der Waals surface area contributed by atoms with Gasteiger partial charge in [-0.25, -0.2) is 13.8 Å². The van der Waals surface area contributed by atoms with Crippen LogP contribution in [0.2, 0.25) is 5.02 Å². The summed E-state index contributed by atoms with van der Waals surface area (Å²) in [6.45, 7) is 0.341. The Bertz CT molecular complexity index is 781. The number of hydrogen-bond donors (Lipinski definition) is 1. The van der Waals surface area contributed by atoms with Crippen LogP contribution in [-0.2, 0) is 0 Å². The molecule has 0 aromatic carbocycles. The quantitative estimate of drug-likeness (QED) is 0.920. The van der Waals surface area contributed by atoms with Crippen molar-refractivity contribution >= 4 is 17.4 Å². The lowest BCUT2D eigenvalue weighted by atomic mass is 10.2. The van der Waals surface area contributed by atoms with Crippen molar-refractivity contribution in [2.75, 3.05) is 18.0 Å². The van der Waals surface area contributed by atoms with Crippen LogP contribution in [0.3, 0.4) is 0 Å². The number of nitrogens with zero attached hydrogens (tertiary/aromatic N) is 3. The van der Waals surface area contributed by atoms with Gasteiger partial charge >= 0.3 is 0 Å². The van der Waals surface area contributed by atoms with E-state index in [1.807, 2.05) is 0 Å². The molecule has 5 nitrogen and oxygen atoms in total. The predicted octanol–water partition coefficient (Wildman–Crippen LogP) is 2.19. The third-order valence-electron chi connectivity index (χ3n) is 4.30. The molecule has 1 N–H and O–H groups in total. The third kappa shape index (κ3) is 1.92. The van der Waals surface area contributed by atoms with E-state index in [0.29, 0.717) is 11.4 Å². The molecule has 1 aliphatic carbocycles. The van der Waals surface area contributed by atoms with E-state index in [-0.39, 0.29) is 23.9 Å². The predicted molar refractivity (Wildman–Crippen MR) is 77.2 cm³/mol. The van der Waals surface area contributed by atoms with Gasteiger partial charge in [-0.1, -0.05) is 11.6 Å². The Balaban J connectivity index is 1.72. The highest BCUT2D eigenvalue weighted by Crippen LogP contribution is 2.59. The maximum Gasteiger partial charge on any atom is 0.272 e. The number of anilines is 1. The van der Waals surface area contributed by atoms with Gasteiger partial charge in [0, 0.05) is 31.0 Å². The second-order valence-electron chi connectivity index (χ2n) is 5.58.